The molecule has 0 aromatic heterocycles. The number of sulfone groups is 1. The first-order valence-corrected chi connectivity index (χ1v) is 13.4. The average molecular weight is 549 g/mol. The topological polar surface area (TPSA) is 113 Å². The van der Waals surface area contributed by atoms with Gasteiger partial charge in [-0.05, 0) is 54.1 Å². The summed E-state index contributed by atoms with van der Waals surface area (Å²) in [5, 5.41) is 14.8. The number of carbonyl (C=O) groups excluding carboxylic acids is 1. The molecule has 1 aliphatic rings. The van der Waals surface area contributed by atoms with Crippen molar-refractivity contribution in [3.63, 3.8) is 0 Å². The summed E-state index contributed by atoms with van der Waals surface area (Å²) in [5.74, 6) is -1.69. The third-order valence-electron chi connectivity index (χ3n) is 5.05. The van der Waals surface area contributed by atoms with Gasteiger partial charge in [-0.1, -0.05) is 53.2 Å². The van der Waals surface area contributed by atoms with Gasteiger partial charge in [-0.25, -0.2) is 8.42 Å². The average Bonchev–Trinajstić information content (AvgIpc) is 2.81. The lowest BCUT2D eigenvalue weighted by Crippen LogP contribution is -2.18. The number of nitrogens with one attached hydrogen (secondary N) is 2. The van der Waals surface area contributed by atoms with E-state index >= 15 is 0 Å². The molecule has 180 valence electrons. The van der Waals surface area contributed by atoms with Crippen molar-refractivity contribution >= 4 is 74.1 Å². The maximum Gasteiger partial charge on any atom is 0.322 e. The van der Waals surface area contributed by atoms with Crippen LogP contribution in [-0.4, -0.2) is 31.9 Å². The number of rotatable bonds is 7. The van der Waals surface area contributed by atoms with E-state index in [-0.39, 0.29) is 33.1 Å². The maximum absolute atomic E-state index is 13.0. The van der Waals surface area contributed by atoms with Crippen LogP contribution in [0.25, 0.3) is 6.08 Å². The van der Waals surface area contributed by atoms with Crippen LogP contribution in [0.5, 0.6) is 0 Å². The van der Waals surface area contributed by atoms with Crippen LogP contribution < -0.4 is 10.6 Å². The smallest absolute Gasteiger partial charge is 0.322 e. The lowest BCUT2D eigenvalue weighted by atomic mass is 10.2. The van der Waals surface area contributed by atoms with Gasteiger partial charge < -0.3 is 15.7 Å². The minimum absolute atomic E-state index is 0.0463. The first kappa shape index (κ1) is 25.1. The third kappa shape index (κ3) is 5.99. The van der Waals surface area contributed by atoms with Crippen molar-refractivity contribution in [2.45, 2.75) is 15.5 Å². The number of halogens is 2. The molecule has 1 heterocycles. The molecule has 4 rings (SSSR count). The Labute approximate surface area is 216 Å². The van der Waals surface area contributed by atoms with Gasteiger partial charge >= 0.3 is 5.97 Å². The fourth-order valence-electron chi connectivity index (χ4n) is 3.30. The Kier molecular flexibility index (Phi) is 7.42. The molecule has 0 spiro atoms. The fraction of sp³-hybridized carbons (Fsp3) is 0.0833. The second-order valence-electron chi connectivity index (χ2n) is 7.55. The van der Waals surface area contributed by atoms with E-state index in [1.165, 1.54) is 23.9 Å². The van der Waals surface area contributed by atoms with E-state index in [0.29, 0.717) is 26.7 Å². The Morgan fingerprint density at radius 3 is 2.40 bits per heavy atom. The molecule has 3 aromatic carbocycles. The summed E-state index contributed by atoms with van der Waals surface area (Å²) in [6.07, 6.45) is 1.70. The molecule has 3 N–H and O–H groups in total. The molecule has 0 atom stereocenters. The van der Waals surface area contributed by atoms with Gasteiger partial charge in [0.15, 0.2) is 9.84 Å². The largest absolute Gasteiger partial charge is 0.480 e. The highest BCUT2D eigenvalue weighted by Crippen LogP contribution is 2.40. The molecule has 1 aliphatic heterocycles. The van der Waals surface area contributed by atoms with Crippen LogP contribution in [0.15, 0.2) is 75.4 Å². The molecule has 0 fully saturated rings. The molecule has 11 heteroatoms. The van der Waals surface area contributed by atoms with E-state index in [0.717, 1.165) is 5.56 Å². The summed E-state index contributed by atoms with van der Waals surface area (Å²) in [6, 6.07) is 16.3. The zero-order valence-electron chi connectivity index (χ0n) is 17.9. The predicted molar refractivity (Wildman–Crippen MR) is 139 cm³/mol. The highest BCUT2D eigenvalue weighted by Gasteiger charge is 2.25. The number of carboxylic acids is 1. The van der Waals surface area contributed by atoms with Gasteiger partial charge in [-0.3, -0.25) is 9.59 Å². The van der Waals surface area contributed by atoms with Gasteiger partial charge in [0.25, 0.3) is 5.91 Å². The molecular weight excluding hydrogens is 531 g/mol. The van der Waals surface area contributed by atoms with Crippen LogP contribution in [0.3, 0.4) is 0 Å². The SMILES string of the molecule is O=C(O)CNc1ccc(/C=C2\Sc3ccc(S(=O)(=O)Cc4c(Cl)cccc4Cl)cc3NC2=O)cc1. The van der Waals surface area contributed by atoms with Gasteiger partial charge in [0.1, 0.15) is 6.54 Å². The summed E-state index contributed by atoms with van der Waals surface area (Å²) < 4.78 is 26.0. The quantitative estimate of drug-likeness (QED) is 0.332. The van der Waals surface area contributed by atoms with Crippen LogP contribution in [0.1, 0.15) is 11.1 Å². The Morgan fingerprint density at radius 2 is 1.74 bits per heavy atom. The minimum Gasteiger partial charge on any atom is -0.480 e. The zero-order chi connectivity index (χ0) is 25.2. The number of thioether (sulfide) groups is 1. The van der Waals surface area contributed by atoms with Gasteiger partial charge in [0.2, 0.25) is 0 Å². The summed E-state index contributed by atoms with van der Waals surface area (Å²) in [6.45, 7) is -0.196. The number of aliphatic carboxylic acids is 1. The molecule has 0 saturated heterocycles. The Hall–Kier alpha value is -2.98. The van der Waals surface area contributed by atoms with Crippen LogP contribution in [0, 0.1) is 0 Å². The van der Waals surface area contributed by atoms with Crippen molar-refractivity contribution in [1.29, 1.82) is 0 Å². The van der Waals surface area contributed by atoms with Gasteiger partial charge in [0, 0.05) is 26.2 Å². The van der Waals surface area contributed by atoms with Crippen molar-refractivity contribution < 1.29 is 23.1 Å². The monoisotopic (exact) mass is 548 g/mol. The summed E-state index contributed by atoms with van der Waals surface area (Å²) in [4.78, 5) is 24.5. The lowest BCUT2D eigenvalue weighted by Gasteiger charge is -2.19. The summed E-state index contributed by atoms with van der Waals surface area (Å²) in [7, 11) is -3.77. The van der Waals surface area contributed by atoms with E-state index in [1.807, 2.05) is 0 Å². The maximum atomic E-state index is 13.0. The second-order valence-corrected chi connectivity index (χ2v) is 11.4. The van der Waals surface area contributed by atoms with E-state index in [2.05, 4.69) is 10.6 Å². The number of hydrogen-bond acceptors (Lipinski definition) is 6. The molecule has 0 aliphatic carbocycles. The minimum atomic E-state index is -3.77. The first-order valence-electron chi connectivity index (χ1n) is 10.2. The Morgan fingerprint density at radius 1 is 1.06 bits per heavy atom. The number of fused-ring (bicyclic) bond motifs is 1. The predicted octanol–water partition coefficient (Wildman–Crippen LogP) is 5.55. The van der Waals surface area contributed by atoms with E-state index < -0.39 is 15.8 Å². The Bertz CT molecular complexity index is 1430. The number of hydrogen-bond donors (Lipinski definition) is 3. The van der Waals surface area contributed by atoms with E-state index in [9.17, 15) is 18.0 Å². The summed E-state index contributed by atoms with van der Waals surface area (Å²) >= 11 is 13.5. The normalized spacial score (nSPS) is 14.3. The highest BCUT2D eigenvalue weighted by atomic mass is 35.5. The number of anilines is 2. The van der Waals surface area contributed by atoms with Crippen molar-refractivity contribution in [1.82, 2.24) is 0 Å². The molecular formula is C24H18Cl2N2O5S2. The van der Waals surface area contributed by atoms with E-state index in [1.54, 1.807) is 54.6 Å². The van der Waals surface area contributed by atoms with Crippen molar-refractivity contribution in [3.05, 3.63) is 86.7 Å². The number of benzene rings is 3. The molecule has 3 aromatic rings. The first-order chi connectivity index (χ1) is 16.6. The van der Waals surface area contributed by atoms with Crippen molar-refractivity contribution in [2.24, 2.45) is 0 Å². The van der Waals surface area contributed by atoms with Gasteiger partial charge in [-0.15, -0.1) is 0 Å². The van der Waals surface area contributed by atoms with Crippen molar-refractivity contribution in [2.75, 3.05) is 17.2 Å². The molecule has 0 bridgehead atoms. The van der Waals surface area contributed by atoms with Crippen molar-refractivity contribution in [3.8, 4) is 0 Å². The fourth-order valence-corrected chi connectivity index (χ4v) is 6.35. The van der Waals surface area contributed by atoms with Crippen LogP contribution in [-0.2, 0) is 25.2 Å². The molecule has 7 nitrogen and oxygen atoms in total. The highest BCUT2D eigenvalue weighted by molar-refractivity contribution is 8.04. The molecule has 1 amide bonds. The second kappa shape index (κ2) is 10.3. The Balaban J connectivity index is 1.53. The van der Waals surface area contributed by atoms with Gasteiger partial charge in [0.05, 0.1) is 21.2 Å². The summed E-state index contributed by atoms with van der Waals surface area (Å²) in [5.41, 5.74) is 2.12. The van der Waals surface area contributed by atoms with Gasteiger partial charge in [-0.2, -0.15) is 0 Å². The molecule has 0 radical (unpaired) electrons. The van der Waals surface area contributed by atoms with E-state index in [4.69, 9.17) is 28.3 Å². The molecule has 0 saturated carbocycles. The van der Waals surface area contributed by atoms with Crippen LogP contribution in [0.4, 0.5) is 11.4 Å². The number of carbonyl (C=O) groups is 2. The van der Waals surface area contributed by atoms with Crippen LogP contribution >= 0.6 is 35.0 Å². The zero-order valence-corrected chi connectivity index (χ0v) is 21.1. The van der Waals surface area contributed by atoms with Crippen LogP contribution in [0.2, 0.25) is 10.0 Å². The third-order valence-corrected chi connectivity index (χ3v) is 8.50. The standard InChI is InChI=1S/C24H18Cl2N2O5S2/c25-18-2-1-3-19(26)17(18)13-35(32,33)16-8-9-21-20(11-16)28-24(31)22(34-21)10-14-4-6-15(7-5-14)27-12-23(29)30/h1-11,27H,12-13H2,(H,28,31)(H,29,30)/b22-10-. The molecule has 35 heavy (non-hydrogen) atoms. The number of carboxylic acid groups (broad SMARTS) is 1. The lowest BCUT2D eigenvalue weighted by molar-refractivity contribution is -0.134. The molecule has 0 unspecified atom stereocenters. The number of amides is 1.